The van der Waals surface area contributed by atoms with E-state index in [-0.39, 0.29) is 0 Å². The highest BCUT2D eigenvalue weighted by molar-refractivity contribution is 6.29. The van der Waals surface area contributed by atoms with Gasteiger partial charge in [0.2, 0.25) is 0 Å². The zero-order valence-corrected chi connectivity index (χ0v) is 9.07. The molecule has 0 aliphatic rings. The Kier molecular flexibility index (Phi) is 4.42. The molecule has 0 radical (unpaired) electrons. The Hall–Kier alpha value is -1.23. The highest BCUT2D eigenvalue weighted by Crippen LogP contribution is 2.13. The standard InChI is InChI=1S/C9H8ClN3.CH4O/c10-9-5-12-7-2-1-6(4-11)3-8(7)13-9;1-2/h1-3,5H,4,11H2;2H,1H3. The van der Waals surface area contributed by atoms with Crippen LogP contribution in [0.5, 0.6) is 0 Å². The number of nitrogens with two attached hydrogens (primary N) is 1. The number of fused-ring (bicyclic) bond motifs is 1. The number of aliphatic hydroxyl groups excluding tert-OH is 1. The van der Waals surface area contributed by atoms with Crippen molar-refractivity contribution in [2.45, 2.75) is 6.54 Å². The molecule has 1 aromatic heterocycles. The van der Waals surface area contributed by atoms with Crippen molar-refractivity contribution in [2.75, 3.05) is 7.11 Å². The van der Waals surface area contributed by atoms with Crippen LogP contribution in [0, 0.1) is 0 Å². The van der Waals surface area contributed by atoms with Crippen LogP contribution in [0.4, 0.5) is 0 Å². The Bertz CT molecular complexity index is 448. The molecule has 4 nitrogen and oxygen atoms in total. The van der Waals surface area contributed by atoms with Crippen molar-refractivity contribution in [1.29, 1.82) is 0 Å². The van der Waals surface area contributed by atoms with Crippen LogP contribution in [0.15, 0.2) is 24.4 Å². The Morgan fingerprint density at radius 1 is 1.33 bits per heavy atom. The topological polar surface area (TPSA) is 72.0 Å². The van der Waals surface area contributed by atoms with Gasteiger partial charge < -0.3 is 10.8 Å². The summed E-state index contributed by atoms with van der Waals surface area (Å²) >= 11 is 5.71. The molecule has 5 heteroatoms. The molecule has 2 aromatic rings. The maximum absolute atomic E-state index is 7.00. The van der Waals surface area contributed by atoms with E-state index in [1.165, 1.54) is 6.20 Å². The van der Waals surface area contributed by atoms with Gasteiger partial charge in [-0.15, -0.1) is 0 Å². The van der Waals surface area contributed by atoms with Crippen LogP contribution in [0.3, 0.4) is 0 Å². The number of nitrogens with zero attached hydrogens (tertiary/aromatic N) is 2. The lowest BCUT2D eigenvalue weighted by Crippen LogP contribution is -1.96. The number of halogens is 1. The van der Waals surface area contributed by atoms with Crippen molar-refractivity contribution >= 4 is 22.6 Å². The minimum Gasteiger partial charge on any atom is -0.400 e. The van der Waals surface area contributed by atoms with Crippen molar-refractivity contribution in [3.05, 3.63) is 35.1 Å². The maximum atomic E-state index is 7.00. The molecule has 0 saturated heterocycles. The van der Waals surface area contributed by atoms with Crippen molar-refractivity contribution in [2.24, 2.45) is 5.73 Å². The fourth-order valence-electron chi connectivity index (χ4n) is 1.16. The molecular weight excluding hydrogens is 214 g/mol. The summed E-state index contributed by atoms with van der Waals surface area (Å²) < 4.78 is 0. The van der Waals surface area contributed by atoms with E-state index >= 15 is 0 Å². The Balaban J connectivity index is 0.000000531. The minimum atomic E-state index is 0.404. The molecule has 0 spiro atoms. The van der Waals surface area contributed by atoms with E-state index in [9.17, 15) is 0 Å². The molecular formula is C10H12ClN3O. The predicted octanol–water partition coefficient (Wildman–Crippen LogP) is 1.35. The number of rotatable bonds is 1. The van der Waals surface area contributed by atoms with Gasteiger partial charge in [-0.3, -0.25) is 4.98 Å². The van der Waals surface area contributed by atoms with E-state index in [1.807, 2.05) is 18.2 Å². The molecule has 0 saturated carbocycles. The summed E-state index contributed by atoms with van der Waals surface area (Å²) in [5.74, 6) is 0. The minimum absolute atomic E-state index is 0.404. The molecule has 0 aliphatic heterocycles. The van der Waals surface area contributed by atoms with Gasteiger partial charge in [0.1, 0.15) is 5.15 Å². The number of hydrogen-bond acceptors (Lipinski definition) is 4. The smallest absolute Gasteiger partial charge is 0.148 e. The van der Waals surface area contributed by atoms with Crippen molar-refractivity contribution in [1.82, 2.24) is 9.97 Å². The molecule has 0 bridgehead atoms. The molecule has 0 aliphatic carbocycles. The summed E-state index contributed by atoms with van der Waals surface area (Å²) in [6, 6.07) is 5.72. The van der Waals surface area contributed by atoms with E-state index < -0.39 is 0 Å². The third kappa shape index (κ3) is 2.86. The van der Waals surface area contributed by atoms with Gasteiger partial charge in [0, 0.05) is 13.7 Å². The van der Waals surface area contributed by atoms with E-state index in [2.05, 4.69) is 9.97 Å². The average molecular weight is 226 g/mol. The van der Waals surface area contributed by atoms with Crippen LogP contribution in [0.2, 0.25) is 5.15 Å². The normalized spacial score (nSPS) is 9.60. The van der Waals surface area contributed by atoms with Gasteiger partial charge in [0.25, 0.3) is 0 Å². The molecule has 0 atom stereocenters. The average Bonchev–Trinajstić information content (AvgIpc) is 2.30. The quantitative estimate of drug-likeness (QED) is 0.769. The second-order valence-electron chi connectivity index (χ2n) is 2.72. The first-order chi connectivity index (χ1) is 7.29. The third-order valence-corrected chi connectivity index (χ3v) is 2.00. The van der Waals surface area contributed by atoms with E-state index in [0.717, 1.165) is 23.7 Å². The van der Waals surface area contributed by atoms with Crippen LogP contribution in [0.25, 0.3) is 11.0 Å². The SMILES string of the molecule is CO.NCc1ccc2ncc(Cl)nc2c1. The largest absolute Gasteiger partial charge is 0.400 e. The summed E-state index contributed by atoms with van der Waals surface area (Å²) in [7, 11) is 1.00. The first-order valence-electron chi connectivity index (χ1n) is 4.35. The van der Waals surface area contributed by atoms with Crippen molar-refractivity contribution in [3.8, 4) is 0 Å². The van der Waals surface area contributed by atoms with E-state index in [0.29, 0.717) is 11.7 Å². The number of benzene rings is 1. The second kappa shape index (κ2) is 5.60. The molecule has 2 rings (SSSR count). The number of aromatic nitrogens is 2. The maximum Gasteiger partial charge on any atom is 0.148 e. The van der Waals surface area contributed by atoms with Gasteiger partial charge in [0.05, 0.1) is 17.2 Å². The fourth-order valence-corrected chi connectivity index (χ4v) is 1.30. The molecule has 0 amide bonds. The first-order valence-corrected chi connectivity index (χ1v) is 4.73. The molecule has 1 aromatic carbocycles. The monoisotopic (exact) mass is 225 g/mol. The fraction of sp³-hybridized carbons (Fsp3) is 0.200. The summed E-state index contributed by atoms with van der Waals surface area (Å²) in [6.07, 6.45) is 1.53. The van der Waals surface area contributed by atoms with Crippen LogP contribution in [-0.4, -0.2) is 22.2 Å². The Morgan fingerprint density at radius 2 is 2.07 bits per heavy atom. The lowest BCUT2D eigenvalue weighted by molar-refractivity contribution is 0.399. The molecule has 15 heavy (non-hydrogen) atoms. The highest BCUT2D eigenvalue weighted by atomic mass is 35.5. The van der Waals surface area contributed by atoms with E-state index in [4.69, 9.17) is 22.4 Å². The second-order valence-corrected chi connectivity index (χ2v) is 3.11. The van der Waals surface area contributed by atoms with Crippen molar-refractivity contribution in [3.63, 3.8) is 0 Å². The lowest BCUT2D eigenvalue weighted by Gasteiger charge is -1.99. The molecule has 0 unspecified atom stereocenters. The molecule has 80 valence electrons. The molecule has 3 N–H and O–H groups in total. The molecule has 1 heterocycles. The van der Waals surface area contributed by atoms with Gasteiger partial charge >= 0.3 is 0 Å². The Labute approximate surface area is 92.7 Å². The van der Waals surface area contributed by atoms with Gasteiger partial charge in [-0.05, 0) is 17.7 Å². The van der Waals surface area contributed by atoms with Crippen LogP contribution >= 0.6 is 11.6 Å². The van der Waals surface area contributed by atoms with Crippen LogP contribution < -0.4 is 5.73 Å². The highest BCUT2D eigenvalue weighted by Gasteiger charge is 1.98. The summed E-state index contributed by atoms with van der Waals surface area (Å²) in [4.78, 5) is 8.25. The zero-order chi connectivity index (χ0) is 11.3. The third-order valence-electron chi connectivity index (χ3n) is 1.81. The summed E-state index contributed by atoms with van der Waals surface area (Å²) in [6.45, 7) is 0.504. The van der Waals surface area contributed by atoms with Gasteiger partial charge in [-0.1, -0.05) is 17.7 Å². The lowest BCUT2D eigenvalue weighted by atomic mass is 10.2. The predicted molar refractivity (Wildman–Crippen MR) is 60.6 cm³/mol. The number of aliphatic hydroxyl groups is 1. The summed E-state index contributed by atoms with van der Waals surface area (Å²) in [5, 5.41) is 7.40. The van der Waals surface area contributed by atoms with Crippen molar-refractivity contribution < 1.29 is 5.11 Å². The number of hydrogen-bond donors (Lipinski definition) is 2. The van der Waals surface area contributed by atoms with Gasteiger partial charge in [-0.25, -0.2) is 4.98 Å². The zero-order valence-electron chi connectivity index (χ0n) is 8.31. The van der Waals surface area contributed by atoms with E-state index in [1.54, 1.807) is 0 Å². The van der Waals surface area contributed by atoms with Gasteiger partial charge in [0.15, 0.2) is 0 Å². The first kappa shape index (κ1) is 11.8. The van der Waals surface area contributed by atoms with Crippen LogP contribution in [-0.2, 0) is 6.54 Å². The van der Waals surface area contributed by atoms with Gasteiger partial charge in [-0.2, -0.15) is 0 Å². The Morgan fingerprint density at radius 3 is 2.73 bits per heavy atom. The summed E-state index contributed by atoms with van der Waals surface area (Å²) in [5.41, 5.74) is 8.15. The van der Waals surface area contributed by atoms with Crippen LogP contribution in [0.1, 0.15) is 5.56 Å². The molecule has 0 fully saturated rings.